The third-order valence-electron chi connectivity index (χ3n) is 11.3. The van der Waals surface area contributed by atoms with Crippen LogP contribution in [0, 0.1) is 17.8 Å². The van der Waals surface area contributed by atoms with Crippen molar-refractivity contribution in [3.63, 3.8) is 0 Å². The molecular weight excluding hydrogens is 512 g/mol. The van der Waals surface area contributed by atoms with E-state index < -0.39 is 0 Å². The second-order valence-corrected chi connectivity index (χ2v) is 14.1. The highest BCUT2D eigenvalue weighted by Gasteiger charge is 2.67. The lowest BCUT2D eigenvalue weighted by molar-refractivity contribution is -0.143. The molecule has 6 heteroatoms. The average molecular weight is 565 g/mol. The Bertz CT molecular complexity index is 1130. The van der Waals surface area contributed by atoms with Gasteiger partial charge in [-0.05, 0) is 56.4 Å². The highest BCUT2D eigenvalue weighted by molar-refractivity contribution is 5.77. The standard InChI is InChI=1S/C35H52N2O4/c1-5-18-36-19-17-35-26-15-16-27(34(35)41-33-30(40-4)21-29(38)25(32(33)35)20-28(26)36)37(22-23(2)3)31(39)14-10-9-13-24-11-7-6-8-12-24/h5,21,23-24,26-28,34,38H,1,6-20,22H2,2-4H3/t26-,27-,28+,34-,35-/m0/s1. The molecule has 0 radical (unpaired) electrons. The number of nitrogens with zero attached hydrogens (tertiary/aromatic N) is 2. The van der Waals surface area contributed by atoms with Gasteiger partial charge in [0.2, 0.25) is 5.91 Å². The maximum Gasteiger partial charge on any atom is 0.222 e. The number of aromatic hydroxyl groups is 1. The molecule has 2 aliphatic heterocycles. The monoisotopic (exact) mass is 564 g/mol. The molecule has 1 spiro atoms. The number of carbonyl (C=O) groups excluding carboxylic acids is 1. The quantitative estimate of drug-likeness (QED) is 0.242. The van der Waals surface area contributed by atoms with E-state index in [2.05, 4.69) is 30.2 Å². The summed E-state index contributed by atoms with van der Waals surface area (Å²) in [5.74, 6) is 3.77. The number of likely N-dealkylation sites (tertiary alicyclic amines) is 1. The predicted molar refractivity (Wildman–Crippen MR) is 163 cm³/mol. The van der Waals surface area contributed by atoms with Gasteiger partial charge < -0.3 is 19.5 Å². The number of benzene rings is 1. The fraction of sp³-hybridized carbons (Fsp3) is 0.743. The van der Waals surface area contributed by atoms with Gasteiger partial charge in [0.1, 0.15) is 11.9 Å². The Morgan fingerprint density at radius 1 is 1.24 bits per heavy atom. The van der Waals surface area contributed by atoms with Crippen LogP contribution >= 0.6 is 0 Å². The molecule has 2 heterocycles. The summed E-state index contributed by atoms with van der Waals surface area (Å²) in [5, 5.41) is 11.2. The van der Waals surface area contributed by atoms with E-state index in [1.807, 2.05) is 6.08 Å². The van der Waals surface area contributed by atoms with Crippen molar-refractivity contribution in [2.75, 3.05) is 26.7 Å². The van der Waals surface area contributed by atoms with E-state index in [4.69, 9.17) is 9.47 Å². The van der Waals surface area contributed by atoms with E-state index >= 15 is 0 Å². The van der Waals surface area contributed by atoms with Crippen LogP contribution in [0.15, 0.2) is 18.7 Å². The Morgan fingerprint density at radius 3 is 2.78 bits per heavy atom. The normalized spacial score (nSPS) is 30.5. The third-order valence-corrected chi connectivity index (χ3v) is 11.3. The van der Waals surface area contributed by atoms with Gasteiger partial charge in [-0.15, -0.1) is 6.58 Å². The van der Waals surface area contributed by atoms with Crippen molar-refractivity contribution in [2.24, 2.45) is 17.8 Å². The molecule has 6 rings (SSSR count). The molecule has 1 amide bonds. The zero-order valence-corrected chi connectivity index (χ0v) is 25.7. The maximum absolute atomic E-state index is 14.0. The highest BCUT2D eigenvalue weighted by Crippen LogP contribution is 2.65. The summed E-state index contributed by atoms with van der Waals surface area (Å²) in [7, 11) is 1.66. The summed E-state index contributed by atoms with van der Waals surface area (Å²) in [6.45, 7) is 11.1. The SMILES string of the molecule is C=CCN1CC[C@]23c4c5c(O)cc(OC)c4O[C@H]2[C@@H](N(CC(C)C)C(=O)CCCCC2CCCCC2)CC[C@H]3[C@H]1C5. The molecule has 1 aromatic rings. The Labute approximate surface area is 247 Å². The largest absolute Gasteiger partial charge is 0.508 e. The zero-order chi connectivity index (χ0) is 28.7. The van der Waals surface area contributed by atoms with Crippen molar-refractivity contribution in [3.8, 4) is 17.2 Å². The number of amides is 1. The van der Waals surface area contributed by atoms with Gasteiger partial charge >= 0.3 is 0 Å². The number of hydrogen-bond acceptors (Lipinski definition) is 5. The number of ether oxygens (including phenoxy) is 2. The number of phenols is 1. The lowest BCUT2D eigenvalue weighted by Crippen LogP contribution is -2.69. The maximum atomic E-state index is 14.0. The van der Waals surface area contributed by atoms with Crippen molar-refractivity contribution < 1.29 is 19.4 Å². The van der Waals surface area contributed by atoms with Gasteiger partial charge in [0.05, 0.1) is 13.2 Å². The van der Waals surface area contributed by atoms with Crippen LogP contribution in [-0.4, -0.2) is 65.7 Å². The number of unbranched alkanes of at least 4 members (excludes halogenated alkanes) is 1. The van der Waals surface area contributed by atoms with Crippen molar-refractivity contribution in [2.45, 2.75) is 121 Å². The van der Waals surface area contributed by atoms with Crippen LogP contribution in [0.2, 0.25) is 0 Å². The minimum absolute atomic E-state index is 0.0382. The van der Waals surface area contributed by atoms with Crippen LogP contribution in [0.3, 0.4) is 0 Å². The molecule has 6 nitrogen and oxygen atoms in total. The Morgan fingerprint density at radius 2 is 2.05 bits per heavy atom. The fourth-order valence-corrected chi connectivity index (χ4v) is 9.66. The van der Waals surface area contributed by atoms with Gasteiger partial charge in [-0.3, -0.25) is 9.69 Å². The first-order valence-corrected chi connectivity index (χ1v) is 16.6. The summed E-state index contributed by atoms with van der Waals surface area (Å²) < 4.78 is 12.8. The number of rotatable bonds is 11. The Kier molecular flexibility index (Phi) is 8.33. The summed E-state index contributed by atoms with van der Waals surface area (Å²) in [5.41, 5.74) is 2.02. The molecule has 3 aliphatic carbocycles. The Hall–Kier alpha value is -2.21. The van der Waals surface area contributed by atoms with Gasteiger partial charge in [0.15, 0.2) is 11.5 Å². The lowest BCUT2D eigenvalue weighted by Gasteiger charge is -2.60. The molecular formula is C35H52N2O4. The smallest absolute Gasteiger partial charge is 0.222 e. The van der Waals surface area contributed by atoms with Crippen LogP contribution in [0.5, 0.6) is 17.2 Å². The number of piperidine rings is 1. The van der Waals surface area contributed by atoms with Gasteiger partial charge in [0, 0.05) is 48.2 Å². The van der Waals surface area contributed by atoms with E-state index in [1.165, 1.54) is 44.1 Å². The van der Waals surface area contributed by atoms with Crippen molar-refractivity contribution in [1.82, 2.24) is 9.80 Å². The molecule has 1 saturated heterocycles. The lowest BCUT2D eigenvalue weighted by atomic mass is 9.50. The molecule has 5 aliphatic rings. The summed E-state index contributed by atoms with van der Waals surface area (Å²) in [6, 6.07) is 2.13. The second-order valence-electron chi connectivity index (χ2n) is 14.1. The molecule has 0 aromatic heterocycles. The van der Waals surface area contributed by atoms with Crippen molar-refractivity contribution in [3.05, 3.63) is 29.8 Å². The van der Waals surface area contributed by atoms with Crippen LogP contribution in [0.1, 0.15) is 102 Å². The van der Waals surface area contributed by atoms with E-state index in [0.29, 0.717) is 41.7 Å². The van der Waals surface area contributed by atoms with E-state index in [9.17, 15) is 9.90 Å². The minimum atomic E-state index is -0.198. The first kappa shape index (κ1) is 28.9. The first-order valence-electron chi connectivity index (χ1n) is 16.6. The number of phenolic OH excluding ortho intramolecular Hbond substituents is 1. The summed E-state index contributed by atoms with van der Waals surface area (Å²) in [6.07, 6.45) is 16.7. The minimum Gasteiger partial charge on any atom is -0.508 e. The zero-order valence-electron chi connectivity index (χ0n) is 25.7. The predicted octanol–water partition coefficient (Wildman–Crippen LogP) is 6.62. The molecule has 1 N–H and O–H groups in total. The number of methoxy groups -OCH3 is 1. The van der Waals surface area contributed by atoms with Crippen LogP contribution < -0.4 is 9.47 Å². The van der Waals surface area contributed by atoms with Crippen LogP contribution in [0.25, 0.3) is 0 Å². The van der Waals surface area contributed by atoms with E-state index in [0.717, 1.165) is 75.4 Å². The highest BCUT2D eigenvalue weighted by atomic mass is 16.5. The third kappa shape index (κ3) is 4.96. The molecule has 41 heavy (non-hydrogen) atoms. The number of hydrogen-bond donors (Lipinski definition) is 1. The second kappa shape index (κ2) is 11.8. The van der Waals surface area contributed by atoms with Gasteiger partial charge in [0.25, 0.3) is 0 Å². The molecule has 0 unspecified atom stereocenters. The Balaban J connectivity index is 1.29. The summed E-state index contributed by atoms with van der Waals surface area (Å²) in [4.78, 5) is 18.8. The van der Waals surface area contributed by atoms with Crippen LogP contribution in [0.4, 0.5) is 0 Å². The first-order chi connectivity index (χ1) is 19.9. The van der Waals surface area contributed by atoms with E-state index in [-0.39, 0.29) is 17.6 Å². The molecule has 2 bridgehead atoms. The molecule has 226 valence electrons. The molecule has 1 aromatic carbocycles. The van der Waals surface area contributed by atoms with Crippen LogP contribution in [-0.2, 0) is 16.6 Å². The molecule has 5 atom stereocenters. The molecule has 3 fully saturated rings. The van der Waals surface area contributed by atoms with Gasteiger partial charge in [-0.1, -0.05) is 64.9 Å². The number of carbonyl (C=O) groups is 1. The fourth-order valence-electron chi connectivity index (χ4n) is 9.66. The van der Waals surface area contributed by atoms with E-state index in [1.54, 1.807) is 13.2 Å². The summed E-state index contributed by atoms with van der Waals surface area (Å²) >= 11 is 0. The average Bonchev–Trinajstić information content (AvgIpc) is 3.31. The van der Waals surface area contributed by atoms with Gasteiger partial charge in [-0.2, -0.15) is 0 Å². The topological polar surface area (TPSA) is 62.2 Å². The van der Waals surface area contributed by atoms with Crippen molar-refractivity contribution in [1.29, 1.82) is 0 Å². The van der Waals surface area contributed by atoms with Crippen molar-refractivity contribution >= 4 is 5.91 Å². The van der Waals surface area contributed by atoms with Gasteiger partial charge in [-0.25, -0.2) is 0 Å². The molecule has 2 saturated carbocycles.